The number of thiazole rings is 1. The van der Waals surface area contributed by atoms with Crippen LogP contribution in [0.25, 0.3) is 10.2 Å². The lowest BCUT2D eigenvalue weighted by Crippen LogP contribution is -2.12. The molecule has 1 N–H and O–H groups in total. The molecule has 0 atom stereocenters. The molecule has 0 aliphatic carbocycles. The van der Waals surface area contributed by atoms with Gasteiger partial charge in [-0.25, -0.2) is 9.78 Å². The molecule has 0 saturated heterocycles. The van der Waals surface area contributed by atoms with Crippen LogP contribution in [0.1, 0.15) is 5.01 Å². The van der Waals surface area contributed by atoms with E-state index >= 15 is 0 Å². The Kier molecular flexibility index (Phi) is 5.25. The standard InChI is InChI=1S/C17H15ClN2O4S/c1-22-14-8-13(10(18)7-12(14)20-17(21)23-2)24-9-16-19-11-5-3-4-6-15(11)25-16/h3-8H,9H2,1-2H3,(H,20,21). The Labute approximate surface area is 153 Å². The Hall–Kier alpha value is -2.51. The van der Waals surface area contributed by atoms with Crippen molar-refractivity contribution in [2.45, 2.75) is 6.61 Å². The van der Waals surface area contributed by atoms with Gasteiger partial charge < -0.3 is 14.2 Å². The number of para-hydroxylation sites is 1. The number of nitrogens with one attached hydrogen (secondary N) is 1. The van der Waals surface area contributed by atoms with Gasteiger partial charge in [0.1, 0.15) is 23.1 Å². The van der Waals surface area contributed by atoms with Gasteiger partial charge >= 0.3 is 6.09 Å². The molecule has 25 heavy (non-hydrogen) atoms. The molecular formula is C17H15ClN2O4S. The monoisotopic (exact) mass is 378 g/mol. The number of fused-ring (bicyclic) bond motifs is 1. The van der Waals surface area contributed by atoms with Crippen molar-refractivity contribution in [2.75, 3.05) is 19.5 Å². The summed E-state index contributed by atoms with van der Waals surface area (Å²) in [6, 6.07) is 11.0. The van der Waals surface area contributed by atoms with E-state index in [4.69, 9.17) is 21.1 Å². The molecule has 2 aromatic carbocycles. The molecule has 3 aromatic rings. The summed E-state index contributed by atoms with van der Waals surface area (Å²) in [5.41, 5.74) is 1.33. The Balaban J connectivity index is 1.78. The zero-order valence-electron chi connectivity index (χ0n) is 13.5. The normalized spacial score (nSPS) is 10.5. The number of anilines is 1. The number of carbonyl (C=O) groups is 1. The van der Waals surface area contributed by atoms with Crippen molar-refractivity contribution in [1.29, 1.82) is 0 Å². The third-order valence-electron chi connectivity index (χ3n) is 3.37. The van der Waals surface area contributed by atoms with Gasteiger partial charge in [-0.1, -0.05) is 23.7 Å². The highest BCUT2D eigenvalue weighted by Crippen LogP contribution is 2.36. The van der Waals surface area contributed by atoms with Gasteiger partial charge in [-0.3, -0.25) is 5.32 Å². The lowest BCUT2D eigenvalue weighted by Gasteiger charge is -2.13. The van der Waals surface area contributed by atoms with Crippen LogP contribution in [0.4, 0.5) is 10.5 Å². The average molecular weight is 379 g/mol. The van der Waals surface area contributed by atoms with Crippen molar-refractivity contribution >= 4 is 44.9 Å². The number of hydrogen-bond donors (Lipinski definition) is 1. The van der Waals surface area contributed by atoms with Crippen molar-refractivity contribution in [1.82, 2.24) is 4.98 Å². The maximum absolute atomic E-state index is 11.4. The van der Waals surface area contributed by atoms with Crippen molar-refractivity contribution in [3.63, 3.8) is 0 Å². The van der Waals surface area contributed by atoms with Gasteiger partial charge in [0.05, 0.1) is 35.1 Å². The number of aromatic nitrogens is 1. The molecule has 0 spiro atoms. The minimum absolute atomic E-state index is 0.284. The van der Waals surface area contributed by atoms with Crippen molar-refractivity contribution in [3.05, 3.63) is 46.4 Å². The summed E-state index contributed by atoms with van der Waals surface area (Å²) >= 11 is 7.80. The van der Waals surface area contributed by atoms with Crippen LogP contribution in [0.3, 0.4) is 0 Å². The van der Waals surface area contributed by atoms with E-state index in [1.807, 2.05) is 24.3 Å². The summed E-state index contributed by atoms with van der Waals surface area (Å²) in [6.07, 6.45) is -0.613. The highest BCUT2D eigenvalue weighted by molar-refractivity contribution is 7.18. The summed E-state index contributed by atoms with van der Waals surface area (Å²) in [6.45, 7) is 0.284. The van der Waals surface area contributed by atoms with E-state index < -0.39 is 6.09 Å². The minimum Gasteiger partial charge on any atom is -0.494 e. The van der Waals surface area contributed by atoms with E-state index in [0.29, 0.717) is 22.2 Å². The minimum atomic E-state index is -0.613. The van der Waals surface area contributed by atoms with Gasteiger partial charge in [0.2, 0.25) is 0 Å². The zero-order valence-corrected chi connectivity index (χ0v) is 15.1. The number of hydrogen-bond acceptors (Lipinski definition) is 6. The number of methoxy groups -OCH3 is 2. The van der Waals surface area contributed by atoms with Gasteiger partial charge in [-0.05, 0) is 18.2 Å². The Morgan fingerprint density at radius 1 is 1.24 bits per heavy atom. The molecule has 0 saturated carbocycles. The third kappa shape index (κ3) is 3.94. The molecule has 8 heteroatoms. The summed E-state index contributed by atoms with van der Waals surface area (Å²) in [7, 11) is 2.77. The largest absolute Gasteiger partial charge is 0.494 e. The van der Waals surface area contributed by atoms with Crippen molar-refractivity contribution < 1.29 is 19.0 Å². The zero-order chi connectivity index (χ0) is 17.8. The van der Waals surface area contributed by atoms with Crippen molar-refractivity contribution in [2.24, 2.45) is 0 Å². The molecule has 0 bridgehead atoms. The van der Waals surface area contributed by atoms with E-state index in [9.17, 15) is 4.79 Å². The van der Waals surface area contributed by atoms with Crippen LogP contribution in [-0.2, 0) is 11.3 Å². The molecular weight excluding hydrogens is 364 g/mol. The van der Waals surface area contributed by atoms with E-state index in [1.54, 1.807) is 23.5 Å². The number of ether oxygens (including phenoxy) is 3. The molecule has 1 aromatic heterocycles. The van der Waals surface area contributed by atoms with Gasteiger partial charge in [-0.2, -0.15) is 0 Å². The van der Waals surface area contributed by atoms with Crippen LogP contribution in [0.5, 0.6) is 11.5 Å². The second kappa shape index (κ2) is 7.58. The number of amides is 1. The molecule has 0 radical (unpaired) electrons. The van der Waals surface area contributed by atoms with Gasteiger partial charge in [0.15, 0.2) is 0 Å². The number of carbonyl (C=O) groups excluding carboxylic acids is 1. The first-order valence-corrected chi connectivity index (χ1v) is 8.50. The Morgan fingerprint density at radius 2 is 2.04 bits per heavy atom. The predicted octanol–water partition coefficient (Wildman–Crippen LogP) is 4.72. The van der Waals surface area contributed by atoms with Crippen LogP contribution >= 0.6 is 22.9 Å². The molecule has 0 aliphatic heterocycles. The van der Waals surface area contributed by atoms with Crippen LogP contribution in [0, 0.1) is 0 Å². The lowest BCUT2D eigenvalue weighted by atomic mass is 10.2. The fraction of sp³-hybridized carbons (Fsp3) is 0.176. The fourth-order valence-corrected chi connectivity index (χ4v) is 3.29. The average Bonchev–Trinajstić information content (AvgIpc) is 3.03. The van der Waals surface area contributed by atoms with Crippen LogP contribution in [0.15, 0.2) is 36.4 Å². The van der Waals surface area contributed by atoms with Gasteiger partial charge in [-0.15, -0.1) is 11.3 Å². The highest BCUT2D eigenvalue weighted by atomic mass is 35.5. The van der Waals surface area contributed by atoms with E-state index in [1.165, 1.54) is 14.2 Å². The molecule has 130 valence electrons. The predicted molar refractivity (Wildman–Crippen MR) is 98.0 cm³/mol. The Morgan fingerprint density at radius 3 is 2.76 bits per heavy atom. The van der Waals surface area contributed by atoms with Crippen molar-refractivity contribution in [3.8, 4) is 11.5 Å². The first-order valence-electron chi connectivity index (χ1n) is 7.30. The maximum atomic E-state index is 11.4. The smallest absolute Gasteiger partial charge is 0.411 e. The van der Waals surface area contributed by atoms with E-state index in [0.717, 1.165) is 15.2 Å². The molecule has 1 heterocycles. The topological polar surface area (TPSA) is 69.7 Å². The van der Waals surface area contributed by atoms with E-state index in [2.05, 4.69) is 15.0 Å². The molecule has 0 unspecified atom stereocenters. The molecule has 1 amide bonds. The van der Waals surface area contributed by atoms with Gasteiger partial charge in [0.25, 0.3) is 0 Å². The summed E-state index contributed by atoms with van der Waals surface area (Å²) in [5.74, 6) is 0.849. The molecule has 0 aliphatic rings. The first-order chi connectivity index (χ1) is 12.1. The third-order valence-corrected chi connectivity index (χ3v) is 4.67. The number of rotatable bonds is 5. The summed E-state index contributed by atoms with van der Waals surface area (Å²) in [5, 5.41) is 3.72. The fourth-order valence-electron chi connectivity index (χ4n) is 2.19. The number of nitrogens with zero attached hydrogens (tertiary/aromatic N) is 1. The number of halogens is 1. The highest BCUT2D eigenvalue weighted by Gasteiger charge is 2.14. The second-order valence-corrected chi connectivity index (χ2v) is 6.49. The quantitative estimate of drug-likeness (QED) is 0.695. The Bertz CT molecular complexity index is 880. The molecule has 6 nitrogen and oxygen atoms in total. The second-order valence-electron chi connectivity index (χ2n) is 4.96. The SMILES string of the molecule is COC(=O)Nc1cc(Cl)c(OCc2nc3ccccc3s2)cc1OC. The lowest BCUT2D eigenvalue weighted by molar-refractivity contribution is 0.187. The maximum Gasteiger partial charge on any atom is 0.411 e. The first kappa shape index (κ1) is 17.3. The molecule has 3 rings (SSSR count). The van der Waals surface area contributed by atoms with E-state index in [-0.39, 0.29) is 6.61 Å². The van der Waals surface area contributed by atoms with Crippen LogP contribution in [-0.4, -0.2) is 25.3 Å². The van der Waals surface area contributed by atoms with Gasteiger partial charge in [0, 0.05) is 6.07 Å². The molecule has 0 fully saturated rings. The summed E-state index contributed by atoms with van der Waals surface area (Å²) < 4.78 is 16.7. The number of benzene rings is 2. The van der Waals surface area contributed by atoms with Crippen LogP contribution < -0.4 is 14.8 Å². The van der Waals surface area contributed by atoms with Crippen LogP contribution in [0.2, 0.25) is 5.02 Å². The summed E-state index contributed by atoms with van der Waals surface area (Å²) in [4.78, 5) is 15.9.